The molecule has 7 nitrogen and oxygen atoms in total. The number of anilines is 1. The highest BCUT2D eigenvalue weighted by molar-refractivity contribution is 5.98. The molecule has 3 N–H and O–H groups in total. The number of hydrogen-bond donors (Lipinski definition) is 2. The lowest BCUT2D eigenvalue weighted by Gasteiger charge is -2.10. The van der Waals surface area contributed by atoms with Gasteiger partial charge in [-0.15, -0.1) is 0 Å². The van der Waals surface area contributed by atoms with E-state index in [1.54, 1.807) is 24.3 Å². The van der Waals surface area contributed by atoms with Gasteiger partial charge in [0.1, 0.15) is 29.4 Å². The van der Waals surface area contributed by atoms with Gasteiger partial charge in [-0.05, 0) is 55.8 Å². The van der Waals surface area contributed by atoms with Gasteiger partial charge in [0, 0.05) is 17.7 Å². The fourth-order valence-electron chi connectivity index (χ4n) is 3.84. The summed E-state index contributed by atoms with van der Waals surface area (Å²) in [6, 6.07) is 10.3. The lowest BCUT2D eigenvalue weighted by Crippen LogP contribution is -2.27. The third-order valence-corrected chi connectivity index (χ3v) is 5.36. The zero-order valence-corrected chi connectivity index (χ0v) is 16.6. The summed E-state index contributed by atoms with van der Waals surface area (Å²) in [5.41, 5.74) is 8.29. The molecule has 31 heavy (non-hydrogen) atoms. The van der Waals surface area contributed by atoms with Crippen LogP contribution >= 0.6 is 0 Å². The van der Waals surface area contributed by atoms with Crippen LogP contribution in [0.4, 0.5) is 14.6 Å². The minimum absolute atomic E-state index is 0.177. The Balaban J connectivity index is 1.48. The van der Waals surface area contributed by atoms with E-state index in [0.29, 0.717) is 40.9 Å². The molecule has 0 bridgehead atoms. The third kappa shape index (κ3) is 3.79. The Morgan fingerprint density at radius 2 is 1.97 bits per heavy atom. The SMILES string of the molecule is Nc1ncnc2c1c(-c1ccc(Oc3cc(F)ccc3F)cc1)nn2CC1CCCN1. The van der Waals surface area contributed by atoms with Crippen molar-refractivity contribution in [2.45, 2.75) is 25.4 Å². The van der Waals surface area contributed by atoms with Crippen molar-refractivity contribution < 1.29 is 13.5 Å². The van der Waals surface area contributed by atoms with Crippen molar-refractivity contribution >= 4 is 16.9 Å². The van der Waals surface area contributed by atoms with Crippen LogP contribution in [0, 0.1) is 11.6 Å². The largest absolute Gasteiger partial charge is 0.454 e. The molecule has 1 saturated heterocycles. The molecule has 0 radical (unpaired) electrons. The van der Waals surface area contributed by atoms with Gasteiger partial charge in [0.2, 0.25) is 0 Å². The Morgan fingerprint density at radius 1 is 1.13 bits per heavy atom. The van der Waals surface area contributed by atoms with Crippen molar-refractivity contribution in [3.8, 4) is 22.8 Å². The first kappa shape index (κ1) is 19.4. The summed E-state index contributed by atoms with van der Waals surface area (Å²) >= 11 is 0. The number of nitrogens with one attached hydrogen (secondary N) is 1. The molecule has 0 spiro atoms. The summed E-state index contributed by atoms with van der Waals surface area (Å²) in [5, 5.41) is 8.92. The van der Waals surface area contributed by atoms with Crippen LogP contribution in [-0.4, -0.2) is 32.3 Å². The molecule has 9 heteroatoms. The standard InChI is InChI=1S/C22H20F2N6O/c23-14-5-8-17(24)18(10-14)31-16-6-3-13(4-7-16)20-19-21(25)27-12-28-22(19)30(29-20)11-15-2-1-9-26-15/h3-8,10,12,15,26H,1-2,9,11H2,(H2,25,27,28). The molecule has 2 aromatic heterocycles. The Morgan fingerprint density at radius 3 is 2.74 bits per heavy atom. The van der Waals surface area contributed by atoms with Crippen LogP contribution in [0.5, 0.6) is 11.5 Å². The highest BCUT2D eigenvalue weighted by Gasteiger charge is 2.21. The van der Waals surface area contributed by atoms with Gasteiger partial charge in [0.05, 0.1) is 11.9 Å². The second-order valence-electron chi connectivity index (χ2n) is 7.48. The Kier molecular flexibility index (Phi) is 4.95. The summed E-state index contributed by atoms with van der Waals surface area (Å²) in [4.78, 5) is 8.53. The summed E-state index contributed by atoms with van der Waals surface area (Å²) in [5.74, 6) is -0.661. The van der Waals surface area contributed by atoms with Crippen molar-refractivity contribution in [3.63, 3.8) is 0 Å². The lowest BCUT2D eigenvalue weighted by molar-refractivity contribution is 0.436. The molecule has 1 atom stereocenters. The molecular weight excluding hydrogens is 402 g/mol. The van der Waals surface area contributed by atoms with Crippen LogP contribution in [-0.2, 0) is 6.54 Å². The summed E-state index contributed by atoms with van der Waals surface area (Å²) in [6.07, 6.45) is 3.66. The normalized spacial score (nSPS) is 16.1. The number of ether oxygens (including phenoxy) is 1. The second kappa shape index (κ2) is 7.92. The number of benzene rings is 2. The van der Waals surface area contributed by atoms with Crippen LogP contribution in [0.3, 0.4) is 0 Å². The molecule has 2 aromatic carbocycles. The maximum absolute atomic E-state index is 13.9. The topological polar surface area (TPSA) is 90.9 Å². The quantitative estimate of drug-likeness (QED) is 0.507. The Labute approximate surface area is 176 Å². The molecule has 4 aromatic rings. The maximum atomic E-state index is 13.9. The van der Waals surface area contributed by atoms with E-state index in [0.717, 1.165) is 43.1 Å². The van der Waals surface area contributed by atoms with Crippen LogP contribution in [0.2, 0.25) is 0 Å². The van der Waals surface area contributed by atoms with Gasteiger partial charge in [0.15, 0.2) is 17.2 Å². The second-order valence-corrected chi connectivity index (χ2v) is 7.48. The minimum atomic E-state index is -0.638. The fourth-order valence-corrected chi connectivity index (χ4v) is 3.84. The zero-order valence-electron chi connectivity index (χ0n) is 16.6. The molecule has 1 aliphatic heterocycles. The third-order valence-electron chi connectivity index (χ3n) is 5.36. The van der Waals surface area contributed by atoms with E-state index in [1.165, 1.54) is 6.33 Å². The van der Waals surface area contributed by atoms with Gasteiger partial charge in [-0.25, -0.2) is 23.4 Å². The molecule has 0 aliphatic carbocycles. The van der Waals surface area contributed by atoms with Crippen LogP contribution in [0.25, 0.3) is 22.3 Å². The first-order valence-electron chi connectivity index (χ1n) is 10.0. The molecule has 158 valence electrons. The molecule has 5 rings (SSSR count). The van der Waals surface area contributed by atoms with E-state index in [9.17, 15) is 8.78 Å². The summed E-state index contributed by atoms with van der Waals surface area (Å²) < 4.78 is 34.6. The smallest absolute Gasteiger partial charge is 0.165 e. The molecule has 1 aliphatic rings. The number of nitrogen functional groups attached to an aromatic ring is 1. The lowest BCUT2D eigenvalue weighted by atomic mass is 10.1. The number of nitrogens with zero attached hydrogens (tertiary/aromatic N) is 4. The summed E-state index contributed by atoms with van der Waals surface area (Å²) in [6.45, 7) is 1.69. The van der Waals surface area contributed by atoms with Gasteiger partial charge >= 0.3 is 0 Å². The average molecular weight is 422 g/mol. The molecule has 0 amide bonds. The summed E-state index contributed by atoms with van der Waals surface area (Å²) in [7, 11) is 0. The first-order valence-corrected chi connectivity index (χ1v) is 10.0. The Hall–Kier alpha value is -3.59. The van der Waals surface area contributed by atoms with E-state index >= 15 is 0 Å². The van der Waals surface area contributed by atoms with E-state index in [1.807, 2.05) is 4.68 Å². The maximum Gasteiger partial charge on any atom is 0.165 e. The number of halogens is 2. The predicted molar refractivity (Wildman–Crippen MR) is 113 cm³/mol. The van der Waals surface area contributed by atoms with E-state index in [-0.39, 0.29) is 5.75 Å². The predicted octanol–water partition coefficient (Wildman–Crippen LogP) is 3.90. The van der Waals surface area contributed by atoms with E-state index in [2.05, 4.69) is 15.3 Å². The number of aromatic nitrogens is 4. The van der Waals surface area contributed by atoms with E-state index in [4.69, 9.17) is 15.6 Å². The molecular formula is C22H20F2N6O. The number of nitrogens with two attached hydrogens (primary N) is 1. The highest BCUT2D eigenvalue weighted by Crippen LogP contribution is 2.32. The van der Waals surface area contributed by atoms with Crippen molar-refractivity contribution in [3.05, 3.63) is 60.4 Å². The van der Waals surface area contributed by atoms with Gasteiger partial charge in [-0.1, -0.05) is 0 Å². The van der Waals surface area contributed by atoms with Gasteiger partial charge < -0.3 is 15.8 Å². The van der Waals surface area contributed by atoms with Crippen molar-refractivity contribution in [1.82, 2.24) is 25.1 Å². The van der Waals surface area contributed by atoms with Crippen LogP contribution < -0.4 is 15.8 Å². The number of hydrogen-bond acceptors (Lipinski definition) is 6. The number of fused-ring (bicyclic) bond motifs is 1. The molecule has 0 saturated carbocycles. The van der Waals surface area contributed by atoms with Crippen molar-refractivity contribution in [2.24, 2.45) is 0 Å². The average Bonchev–Trinajstić information content (AvgIpc) is 3.41. The highest BCUT2D eigenvalue weighted by atomic mass is 19.1. The van der Waals surface area contributed by atoms with Gasteiger partial charge in [-0.3, -0.25) is 0 Å². The van der Waals surface area contributed by atoms with Crippen molar-refractivity contribution in [2.75, 3.05) is 12.3 Å². The number of rotatable bonds is 5. The zero-order chi connectivity index (χ0) is 21.4. The molecule has 3 heterocycles. The first-order chi connectivity index (χ1) is 15.1. The van der Waals surface area contributed by atoms with Crippen LogP contribution in [0.15, 0.2) is 48.8 Å². The van der Waals surface area contributed by atoms with Gasteiger partial charge in [0.25, 0.3) is 0 Å². The fraction of sp³-hybridized carbons (Fsp3) is 0.227. The minimum Gasteiger partial charge on any atom is -0.454 e. The monoisotopic (exact) mass is 422 g/mol. The molecule has 1 fully saturated rings. The molecule has 1 unspecified atom stereocenters. The van der Waals surface area contributed by atoms with E-state index < -0.39 is 11.6 Å². The van der Waals surface area contributed by atoms with Gasteiger partial charge in [-0.2, -0.15) is 5.10 Å². The van der Waals surface area contributed by atoms with Crippen LogP contribution in [0.1, 0.15) is 12.8 Å². The Bertz CT molecular complexity index is 1230. The van der Waals surface area contributed by atoms with Crippen molar-refractivity contribution in [1.29, 1.82) is 0 Å².